The highest BCUT2D eigenvalue weighted by Crippen LogP contribution is 2.49. The number of nitrogens with zero attached hydrogens (tertiary/aromatic N) is 3. The van der Waals surface area contributed by atoms with Gasteiger partial charge in [-0.2, -0.15) is 0 Å². The van der Waals surface area contributed by atoms with Gasteiger partial charge in [0.1, 0.15) is 11.2 Å². The zero-order valence-corrected chi connectivity index (χ0v) is 14.3. The number of hydrogen-bond donors (Lipinski definition) is 0. The van der Waals surface area contributed by atoms with E-state index in [1.165, 1.54) is 25.6 Å². The van der Waals surface area contributed by atoms with Crippen LogP contribution in [0.4, 0.5) is 0 Å². The average Bonchev–Trinajstić information content (AvgIpc) is 3.33. The fourth-order valence-corrected chi connectivity index (χ4v) is 4.29. The molecule has 1 aliphatic carbocycles. The van der Waals surface area contributed by atoms with Crippen LogP contribution in [0.15, 0.2) is 6.20 Å². The van der Waals surface area contributed by atoms with Crippen LogP contribution in [0.1, 0.15) is 56.0 Å². The molecule has 6 heteroatoms. The number of esters is 1. The second-order valence-corrected chi connectivity index (χ2v) is 7.38. The highest BCUT2D eigenvalue weighted by atomic mass is 16.5. The molecule has 1 aromatic heterocycles. The Labute approximate surface area is 142 Å². The maximum atomic E-state index is 12.9. The molecule has 1 aromatic rings. The minimum Gasteiger partial charge on any atom is -0.468 e. The van der Waals surface area contributed by atoms with Gasteiger partial charge in [-0.15, -0.1) is 0 Å². The van der Waals surface area contributed by atoms with E-state index in [4.69, 9.17) is 4.74 Å². The number of hydrogen-bond acceptors (Lipinski definition) is 4. The van der Waals surface area contributed by atoms with E-state index in [2.05, 4.69) is 9.55 Å². The van der Waals surface area contributed by atoms with Gasteiger partial charge in [0.2, 0.25) is 5.91 Å². The summed E-state index contributed by atoms with van der Waals surface area (Å²) in [6.45, 7) is 2.46. The third-order valence-electron chi connectivity index (χ3n) is 5.84. The lowest BCUT2D eigenvalue weighted by molar-refractivity contribution is -0.156. The van der Waals surface area contributed by atoms with E-state index >= 15 is 0 Å². The van der Waals surface area contributed by atoms with Gasteiger partial charge >= 0.3 is 5.97 Å². The highest BCUT2D eigenvalue weighted by molar-refractivity contribution is 6.05. The van der Waals surface area contributed by atoms with Gasteiger partial charge in [0, 0.05) is 37.4 Å². The van der Waals surface area contributed by atoms with E-state index < -0.39 is 5.41 Å². The van der Waals surface area contributed by atoms with Crippen molar-refractivity contribution in [2.75, 3.05) is 20.2 Å². The van der Waals surface area contributed by atoms with E-state index in [-0.39, 0.29) is 17.8 Å². The minimum absolute atomic E-state index is 0.0375. The Morgan fingerprint density at radius 1 is 1.25 bits per heavy atom. The number of amides is 1. The molecular formula is C18H25N3O3. The summed E-state index contributed by atoms with van der Waals surface area (Å²) >= 11 is 0. The van der Waals surface area contributed by atoms with Gasteiger partial charge in [0.05, 0.1) is 7.11 Å². The van der Waals surface area contributed by atoms with Gasteiger partial charge in [0.15, 0.2) is 0 Å². The van der Waals surface area contributed by atoms with E-state index in [1.807, 2.05) is 11.1 Å². The zero-order valence-electron chi connectivity index (χ0n) is 14.3. The summed E-state index contributed by atoms with van der Waals surface area (Å²) in [7, 11) is 1.37. The first-order chi connectivity index (χ1) is 11.7. The number of ether oxygens (including phenoxy) is 1. The second kappa shape index (κ2) is 5.90. The third kappa shape index (κ3) is 2.43. The maximum Gasteiger partial charge on any atom is 0.321 e. The SMILES string of the molecule is COC(=O)C1(C(=O)N2CCC[C@H](c3ncc4n3CCCC4)C2)CC1. The lowest BCUT2D eigenvalue weighted by Crippen LogP contribution is -2.46. The Balaban J connectivity index is 1.51. The van der Waals surface area contributed by atoms with Crippen molar-refractivity contribution in [2.45, 2.75) is 57.4 Å². The van der Waals surface area contributed by atoms with E-state index in [0.29, 0.717) is 19.4 Å². The molecule has 0 bridgehead atoms. The summed E-state index contributed by atoms with van der Waals surface area (Å²) in [5.74, 6) is 1.00. The largest absolute Gasteiger partial charge is 0.468 e. The highest BCUT2D eigenvalue weighted by Gasteiger charge is 2.59. The van der Waals surface area contributed by atoms with Crippen LogP contribution in [-0.4, -0.2) is 46.5 Å². The van der Waals surface area contributed by atoms with Gasteiger partial charge in [0.25, 0.3) is 0 Å². The first kappa shape index (κ1) is 15.7. The van der Waals surface area contributed by atoms with Crippen molar-refractivity contribution in [3.63, 3.8) is 0 Å². The molecule has 3 aliphatic rings. The third-order valence-corrected chi connectivity index (χ3v) is 5.84. The van der Waals surface area contributed by atoms with Crippen LogP contribution in [0.25, 0.3) is 0 Å². The monoisotopic (exact) mass is 331 g/mol. The molecule has 0 spiro atoms. The molecule has 1 saturated heterocycles. The van der Waals surface area contributed by atoms with Gasteiger partial charge in [-0.1, -0.05) is 0 Å². The molecule has 24 heavy (non-hydrogen) atoms. The molecule has 1 saturated carbocycles. The first-order valence-electron chi connectivity index (χ1n) is 9.08. The van der Waals surface area contributed by atoms with Gasteiger partial charge in [-0.3, -0.25) is 9.59 Å². The smallest absolute Gasteiger partial charge is 0.321 e. The zero-order chi connectivity index (χ0) is 16.7. The molecular weight excluding hydrogens is 306 g/mol. The van der Waals surface area contributed by atoms with Crippen molar-refractivity contribution in [2.24, 2.45) is 5.41 Å². The summed E-state index contributed by atoms with van der Waals surface area (Å²) in [4.78, 5) is 31.4. The van der Waals surface area contributed by atoms with Gasteiger partial charge in [-0.25, -0.2) is 4.98 Å². The van der Waals surface area contributed by atoms with Crippen molar-refractivity contribution < 1.29 is 14.3 Å². The Morgan fingerprint density at radius 3 is 2.83 bits per heavy atom. The standard InChI is InChI=1S/C18H25N3O3/c1-24-17(23)18(7-8-18)16(22)20-9-4-5-13(12-20)15-19-11-14-6-2-3-10-21(14)15/h11,13H,2-10,12H2,1H3/t13-/m0/s1. The fourth-order valence-electron chi connectivity index (χ4n) is 4.29. The first-order valence-corrected chi connectivity index (χ1v) is 9.08. The summed E-state index contributed by atoms with van der Waals surface area (Å²) in [5, 5.41) is 0. The molecule has 2 aliphatic heterocycles. The number of carbonyl (C=O) groups is 2. The number of imidazole rings is 1. The normalized spacial score (nSPS) is 25.0. The summed E-state index contributed by atoms with van der Waals surface area (Å²) in [6, 6.07) is 0. The van der Waals surface area contributed by atoms with Crippen LogP contribution >= 0.6 is 0 Å². The molecule has 2 fully saturated rings. The van der Waals surface area contributed by atoms with E-state index in [0.717, 1.165) is 38.2 Å². The fraction of sp³-hybridized carbons (Fsp3) is 0.722. The average molecular weight is 331 g/mol. The van der Waals surface area contributed by atoms with Crippen LogP contribution in [0.5, 0.6) is 0 Å². The molecule has 4 rings (SSSR count). The molecule has 130 valence electrons. The molecule has 0 aromatic carbocycles. The molecule has 1 atom stereocenters. The Hall–Kier alpha value is -1.85. The molecule has 0 N–H and O–H groups in total. The summed E-state index contributed by atoms with van der Waals surface area (Å²) < 4.78 is 7.22. The number of methoxy groups -OCH3 is 1. The van der Waals surface area contributed by atoms with Crippen molar-refractivity contribution in [3.8, 4) is 0 Å². The van der Waals surface area contributed by atoms with Crippen LogP contribution in [-0.2, 0) is 27.3 Å². The van der Waals surface area contributed by atoms with Crippen molar-refractivity contribution in [1.82, 2.24) is 14.5 Å². The van der Waals surface area contributed by atoms with Crippen molar-refractivity contribution in [3.05, 3.63) is 17.7 Å². The minimum atomic E-state index is -0.886. The van der Waals surface area contributed by atoms with Crippen LogP contribution in [0, 0.1) is 5.41 Å². The Bertz CT molecular complexity index is 662. The quantitative estimate of drug-likeness (QED) is 0.627. The molecule has 1 amide bonds. The number of aryl methyl sites for hydroxylation is 1. The van der Waals surface area contributed by atoms with Gasteiger partial charge < -0.3 is 14.2 Å². The summed E-state index contributed by atoms with van der Waals surface area (Å²) in [6.07, 6.45) is 8.83. The molecule has 6 nitrogen and oxygen atoms in total. The van der Waals surface area contributed by atoms with Crippen molar-refractivity contribution >= 4 is 11.9 Å². The number of aromatic nitrogens is 2. The van der Waals surface area contributed by atoms with Crippen molar-refractivity contribution in [1.29, 1.82) is 0 Å². The van der Waals surface area contributed by atoms with E-state index in [1.54, 1.807) is 0 Å². The van der Waals surface area contributed by atoms with Crippen LogP contribution in [0.3, 0.4) is 0 Å². The summed E-state index contributed by atoms with van der Waals surface area (Å²) in [5.41, 5.74) is 0.441. The predicted octanol–water partition coefficient (Wildman–Crippen LogP) is 1.88. The van der Waals surface area contributed by atoms with Crippen LogP contribution < -0.4 is 0 Å². The predicted molar refractivity (Wildman–Crippen MR) is 87.4 cm³/mol. The number of likely N-dealkylation sites (tertiary alicyclic amines) is 1. The molecule has 3 heterocycles. The lowest BCUT2D eigenvalue weighted by Gasteiger charge is -2.35. The maximum absolute atomic E-state index is 12.9. The lowest BCUT2D eigenvalue weighted by atomic mass is 9.94. The number of carbonyl (C=O) groups excluding carboxylic acids is 2. The Morgan fingerprint density at radius 2 is 2.08 bits per heavy atom. The Kier molecular flexibility index (Phi) is 3.85. The molecule has 0 radical (unpaired) electrons. The topological polar surface area (TPSA) is 64.4 Å². The van der Waals surface area contributed by atoms with Gasteiger partial charge in [-0.05, 0) is 44.9 Å². The number of fused-ring (bicyclic) bond motifs is 1. The van der Waals surface area contributed by atoms with Crippen LogP contribution in [0.2, 0.25) is 0 Å². The number of piperidine rings is 1. The molecule has 0 unspecified atom stereocenters. The second-order valence-electron chi connectivity index (χ2n) is 7.38. The van der Waals surface area contributed by atoms with E-state index in [9.17, 15) is 9.59 Å². The number of rotatable bonds is 3.